The van der Waals surface area contributed by atoms with Crippen molar-refractivity contribution in [3.05, 3.63) is 72.8 Å². The lowest BCUT2D eigenvalue weighted by Crippen LogP contribution is -2.36. The highest BCUT2D eigenvalue weighted by molar-refractivity contribution is 7.99. The number of hydrogen-bond acceptors (Lipinski definition) is 5. The quantitative estimate of drug-likeness (QED) is 0.201. The van der Waals surface area contributed by atoms with Crippen LogP contribution >= 0.6 is 11.8 Å². The number of benzene rings is 3. The van der Waals surface area contributed by atoms with Crippen LogP contribution in [0.4, 0.5) is 16.2 Å². The maximum Gasteiger partial charge on any atom is 0.326 e. The predicted octanol–water partition coefficient (Wildman–Crippen LogP) is 7.78. The van der Waals surface area contributed by atoms with Crippen molar-refractivity contribution in [1.29, 1.82) is 0 Å². The molecule has 3 rings (SSSR count). The Labute approximate surface area is 218 Å². The third-order valence-electron chi connectivity index (χ3n) is 5.28. The average Bonchev–Trinajstić information content (AvgIpc) is 2.87. The number of ether oxygens (including phenoxy) is 2. The number of para-hydroxylation sites is 2. The summed E-state index contributed by atoms with van der Waals surface area (Å²) in [6, 6.07) is 22.7. The average molecular weight is 507 g/mol. The Balaban J connectivity index is 1.74. The topological polar surface area (TPSA) is 67.9 Å². The minimum absolute atomic E-state index is 0.198. The van der Waals surface area contributed by atoms with Gasteiger partial charge < -0.3 is 14.8 Å². The van der Waals surface area contributed by atoms with Gasteiger partial charge in [-0.05, 0) is 74.4 Å². The van der Waals surface area contributed by atoms with E-state index in [0.717, 1.165) is 34.7 Å². The maximum absolute atomic E-state index is 13.3. The Morgan fingerprint density at radius 1 is 0.889 bits per heavy atom. The number of anilines is 2. The molecule has 0 spiro atoms. The minimum Gasteiger partial charge on any atom is -0.492 e. The van der Waals surface area contributed by atoms with Gasteiger partial charge in [0.05, 0.1) is 12.3 Å². The Hall–Kier alpha value is -3.45. The van der Waals surface area contributed by atoms with Gasteiger partial charge >= 0.3 is 12.0 Å². The number of esters is 1. The van der Waals surface area contributed by atoms with Crippen molar-refractivity contribution in [2.75, 3.05) is 23.4 Å². The zero-order valence-corrected chi connectivity index (χ0v) is 22.0. The van der Waals surface area contributed by atoms with Crippen LogP contribution in [-0.4, -0.2) is 25.2 Å². The summed E-state index contributed by atoms with van der Waals surface area (Å²) < 4.78 is 11.0. The van der Waals surface area contributed by atoms with Crippen LogP contribution in [0.2, 0.25) is 0 Å². The number of rotatable bonds is 12. The minimum atomic E-state index is -0.222. The van der Waals surface area contributed by atoms with E-state index in [1.165, 1.54) is 0 Å². The van der Waals surface area contributed by atoms with E-state index in [9.17, 15) is 9.59 Å². The monoisotopic (exact) mass is 506 g/mol. The largest absolute Gasteiger partial charge is 0.492 e. The number of unbranched alkanes of at least 4 members (excludes halogenated alkanes) is 1. The molecule has 0 heterocycles. The van der Waals surface area contributed by atoms with Crippen molar-refractivity contribution >= 4 is 35.1 Å². The highest BCUT2D eigenvalue weighted by atomic mass is 32.2. The van der Waals surface area contributed by atoms with Crippen LogP contribution in [0.3, 0.4) is 0 Å². The molecule has 36 heavy (non-hydrogen) atoms. The van der Waals surface area contributed by atoms with E-state index >= 15 is 0 Å². The van der Waals surface area contributed by atoms with Crippen molar-refractivity contribution in [1.82, 2.24) is 0 Å². The smallest absolute Gasteiger partial charge is 0.326 e. The van der Waals surface area contributed by atoms with Crippen molar-refractivity contribution in [2.45, 2.75) is 56.2 Å². The molecule has 2 amide bonds. The zero-order chi connectivity index (χ0) is 25.8. The van der Waals surface area contributed by atoms with Gasteiger partial charge in [-0.2, -0.15) is 0 Å². The third kappa shape index (κ3) is 8.05. The molecule has 0 saturated heterocycles. The van der Waals surface area contributed by atoms with Gasteiger partial charge in [-0.3, -0.25) is 9.69 Å². The molecule has 6 nitrogen and oxygen atoms in total. The summed E-state index contributed by atoms with van der Waals surface area (Å²) in [6.07, 6.45) is 3.02. The molecule has 0 fully saturated rings. The van der Waals surface area contributed by atoms with E-state index in [1.807, 2.05) is 74.5 Å². The molecule has 0 aliphatic carbocycles. The van der Waals surface area contributed by atoms with Gasteiger partial charge in [0.25, 0.3) is 0 Å². The van der Waals surface area contributed by atoms with Crippen LogP contribution in [0.5, 0.6) is 11.5 Å². The first kappa shape index (κ1) is 27.1. The number of carbonyl (C=O) groups excluding carboxylic acids is 2. The number of amides is 2. The molecule has 0 aliphatic rings. The molecular formula is C29H34N2O4S. The summed E-state index contributed by atoms with van der Waals surface area (Å²) in [7, 11) is 0. The van der Waals surface area contributed by atoms with Crippen molar-refractivity contribution in [3.8, 4) is 11.5 Å². The Morgan fingerprint density at radius 3 is 2.39 bits per heavy atom. The molecule has 0 saturated carbocycles. The first-order valence-electron chi connectivity index (χ1n) is 12.4. The number of nitrogens with one attached hydrogen (secondary N) is 1. The van der Waals surface area contributed by atoms with Crippen molar-refractivity contribution in [3.63, 3.8) is 0 Å². The highest BCUT2D eigenvalue weighted by Crippen LogP contribution is 2.32. The zero-order valence-electron chi connectivity index (χ0n) is 21.2. The molecule has 1 N–H and O–H groups in total. The SMILES string of the molecule is CCCCN(C(=O)Nc1ccccc1OCC)c1cccc(Sc2ccc(OC(=O)CCC)cc2)c1. The van der Waals surface area contributed by atoms with Gasteiger partial charge in [-0.15, -0.1) is 0 Å². The molecule has 7 heteroatoms. The molecular weight excluding hydrogens is 472 g/mol. The summed E-state index contributed by atoms with van der Waals surface area (Å²) in [5.41, 5.74) is 1.47. The lowest BCUT2D eigenvalue weighted by molar-refractivity contribution is -0.134. The van der Waals surface area contributed by atoms with Gasteiger partial charge in [0.15, 0.2) is 0 Å². The van der Waals surface area contributed by atoms with E-state index in [1.54, 1.807) is 28.8 Å². The fourth-order valence-corrected chi connectivity index (χ4v) is 4.38. The van der Waals surface area contributed by atoms with Gasteiger partial charge in [0.1, 0.15) is 11.5 Å². The highest BCUT2D eigenvalue weighted by Gasteiger charge is 2.18. The van der Waals surface area contributed by atoms with E-state index < -0.39 is 0 Å². The van der Waals surface area contributed by atoms with Crippen molar-refractivity contribution in [2.24, 2.45) is 0 Å². The van der Waals surface area contributed by atoms with Gasteiger partial charge in [-0.25, -0.2) is 4.79 Å². The van der Waals surface area contributed by atoms with E-state index in [0.29, 0.717) is 36.8 Å². The fraction of sp³-hybridized carbons (Fsp3) is 0.310. The van der Waals surface area contributed by atoms with E-state index in [-0.39, 0.29) is 12.0 Å². The lowest BCUT2D eigenvalue weighted by atomic mass is 10.2. The summed E-state index contributed by atoms with van der Waals surface area (Å²) in [6.45, 7) is 7.10. The molecule has 0 atom stereocenters. The molecule has 0 aromatic heterocycles. The molecule has 0 radical (unpaired) electrons. The van der Waals surface area contributed by atoms with Gasteiger partial charge in [-0.1, -0.05) is 50.2 Å². The van der Waals surface area contributed by atoms with Gasteiger partial charge in [0.2, 0.25) is 0 Å². The van der Waals surface area contributed by atoms with Crippen LogP contribution in [0.1, 0.15) is 46.5 Å². The summed E-state index contributed by atoms with van der Waals surface area (Å²) in [5, 5.41) is 3.02. The van der Waals surface area contributed by atoms with Crippen LogP contribution in [0.15, 0.2) is 82.6 Å². The van der Waals surface area contributed by atoms with Crippen molar-refractivity contribution < 1.29 is 19.1 Å². The lowest BCUT2D eigenvalue weighted by Gasteiger charge is -2.24. The number of hydrogen-bond donors (Lipinski definition) is 1. The first-order chi connectivity index (χ1) is 17.5. The summed E-state index contributed by atoms with van der Waals surface area (Å²) in [4.78, 5) is 28.8. The summed E-state index contributed by atoms with van der Waals surface area (Å²) >= 11 is 1.59. The molecule has 0 bridgehead atoms. The molecule has 0 unspecified atom stereocenters. The molecule has 3 aromatic carbocycles. The second-order valence-electron chi connectivity index (χ2n) is 8.16. The van der Waals surface area contributed by atoms with Crippen LogP contribution in [0.25, 0.3) is 0 Å². The predicted molar refractivity (Wildman–Crippen MR) is 146 cm³/mol. The van der Waals surface area contributed by atoms with Gasteiger partial charge in [0, 0.05) is 28.4 Å². The summed E-state index contributed by atoms with van der Waals surface area (Å²) in [5.74, 6) is 0.971. The number of urea groups is 1. The standard InChI is InChI=1S/C29H34N2O4S/c1-4-7-20-31(29(33)30-26-14-8-9-15-27(26)34-6-3)22-12-10-13-25(21-22)36-24-18-16-23(17-19-24)35-28(32)11-5-2/h8-10,12-19,21H,4-7,11,20H2,1-3H3,(H,30,33). The van der Waals surface area contributed by atoms with Crippen LogP contribution in [-0.2, 0) is 4.79 Å². The Bertz CT molecular complexity index is 1130. The number of carbonyl (C=O) groups is 2. The normalized spacial score (nSPS) is 10.5. The molecule has 3 aromatic rings. The molecule has 190 valence electrons. The molecule has 0 aliphatic heterocycles. The third-order valence-corrected chi connectivity index (χ3v) is 6.28. The Kier molecular flexibility index (Phi) is 10.7. The number of nitrogens with zero attached hydrogens (tertiary/aromatic N) is 1. The van der Waals surface area contributed by atoms with Crippen LogP contribution < -0.4 is 19.7 Å². The van der Waals surface area contributed by atoms with Crippen LogP contribution in [0, 0.1) is 0 Å². The second kappa shape index (κ2) is 14.2. The second-order valence-corrected chi connectivity index (χ2v) is 9.31. The Morgan fingerprint density at radius 2 is 1.67 bits per heavy atom. The maximum atomic E-state index is 13.3. The van der Waals surface area contributed by atoms with E-state index in [2.05, 4.69) is 12.2 Å². The fourth-order valence-electron chi connectivity index (χ4n) is 3.51. The van der Waals surface area contributed by atoms with E-state index in [4.69, 9.17) is 9.47 Å². The first-order valence-corrected chi connectivity index (χ1v) is 13.2.